The summed E-state index contributed by atoms with van der Waals surface area (Å²) in [5.74, 6) is 0.107. The van der Waals surface area contributed by atoms with Gasteiger partial charge in [0.25, 0.3) is 0 Å². The fourth-order valence-corrected chi connectivity index (χ4v) is 3.19. The molecule has 2 aromatic heterocycles. The van der Waals surface area contributed by atoms with Gasteiger partial charge in [-0.3, -0.25) is 9.78 Å². The summed E-state index contributed by atoms with van der Waals surface area (Å²) in [4.78, 5) is 18.0. The Hall–Kier alpha value is -1.72. The first-order valence-electron chi connectivity index (χ1n) is 7.13. The van der Waals surface area contributed by atoms with Gasteiger partial charge >= 0.3 is 0 Å². The van der Waals surface area contributed by atoms with Gasteiger partial charge in [-0.15, -0.1) is 11.3 Å². The Kier molecular flexibility index (Phi) is 4.31. The summed E-state index contributed by atoms with van der Waals surface area (Å²) in [5, 5.41) is 5.11. The van der Waals surface area contributed by atoms with Crippen molar-refractivity contribution < 1.29 is 9.53 Å². The fourth-order valence-electron chi connectivity index (χ4n) is 2.50. The van der Waals surface area contributed by atoms with Gasteiger partial charge in [0.15, 0.2) is 0 Å². The molecule has 21 heavy (non-hydrogen) atoms. The number of ether oxygens (including phenoxy) is 1. The number of carbonyl (C=O) groups is 1. The van der Waals surface area contributed by atoms with Crippen LogP contribution < -0.4 is 5.32 Å². The van der Waals surface area contributed by atoms with Gasteiger partial charge in [-0.1, -0.05) is 0 Å². The van der Waals surface area contributed by atoms with Crippen molar-refractivity contribution in [1.82, 2.24) is 4.98 Å². The second-order valence-electron chi connectivity index (χ2n) is 5.22. The molecule has 3 heterocycles. The summed E-state index contributed by atoms with van der Waals surface area (Å²) in [6.07, 6.45) is 3.34. The molecule has 1 aliphatic heterocycles. The molecule has 1 saturated heterocycles. The molecule has 1 N–H and O–H groups in total. The number of aromatic nitrogens is 1. The first-order valence-corrected chi connectivity index (χ1v) is 8.01. The van der Waals surface area contributed by atoms with Crippen LogP contribution in [-0.4, -0.2) is 24.1 Å². The second kappa shape index (κ2) is 6.37. The van der Waals surface area contributed by atoms with E-state index in [1.54, 1.807) is 17.5 Å². The third kappa shape index (κ3) is 3.31. The quantitative estimate of drug-likeness (QED) is 0.944. The summed E-state index contributed by atoms with van der Waals surface area (Å²) in [6, 6.07) is 5.85. The van der Waals surface area contributed by atoms with Crippen LogP contribution in [0.4, 0.5) is 5.69 Å². The molecule has 1 aliphatic rings. The highest BCUT2D eigenvalue weighted by atomic mass is 32.1. The van der Waals surface area contributed by atoms with Crippen LogP contribution in [-0.2, 0) is 9.53 Å². The number of thiophene rings is 1. The van der Waals surface area contributed by atoms with Crippen LogP contribution >= 0.6 is 11.3 Å². The number of amides is 1. The zero-order valence-electron chi connectivity index (χ0n) is 12.0. The molecule has 0 bridgehead atoms. The zero-order valence-corrected chi connectivity index (χ0v) is 12.8. The number of carbonyl (C=O) groups excluding carboxylic acids is 1. The van der Waals surface area contributed by atoms with Gasteiger partial charge in [-0.05, 0) is 38.0 Å². The number of rotatable bonds is 3. The number of anilines is 1. The van der Waals surface area contributed by atoms with Crippen molar-refractivity contribution in [3.8, 4) is 11.3 Å². The predicted octanol–water partition coefficient (Wildman–Crippen LogP) is 3.48. The Morgan fingerprint density at radius 2 is 2.24 bits per heavy atom. The van der Waals surface area contributed by atoms with Crippen molar-refractivity contribution in [3.05, 3.63) is 34.7 Å². The first-order chi connectivity index (χ1) is 10.2. The van der Waals surface area contributed by atoms with E-state index in [4.69, 9.17) is 4.74 Å². The standard InChI is InChI=1S/C16H18N2O2S/c1-11-9-13(10-21-11)15-14(3-2-6-17-15)18-16(19)12-4-7-20-8-5-12/h2-3,6,9-10,12H,4-5,7-8H2,1H3,(H,18,19). The van der Waals surface area contributed by atoms with Gasteiger partial charge < -0.3 is 10.1 Å². The molecule has 0 radical (unpaired) electrons. The Balaban J connectivity index is 1.80. The summed E-state index contributed by atoms with van der Waals surface area (Å²) >= 11 is 1.69. The fraction of sp³-hybridized carbons (Fsp3) is 0.375. The van der Waals surface area contributed by atoms with Crippen molar-refractivity contribution >= 4 is 22.9 Å². The average Bonchev–Trinajstić information content (AvgIpc) is 2.95. The minimum Gasteiger partial charge on any atom is -0.381 e. The number of nitrogens with zero attached hydrogens (tertiary/aromatic N) is 1. The summed E-state index contributed by atoms with van der Waals surface area (Å²) in [6.45, 7) is 3.40. The van der Waals surface area contributed by atoms with Crippen molar-refractivity contribution in [1.29, 1.82) is 0 Å². The first kappa shape index (κ1) is 14.2. The third-order valence-electron chi connectivity index (χ3n) is 3.66. The van der Waals surface area contributed by atoms with Crippen LogP contribution in [0.25, 0.3) is 11.3 Å². The third-order valence-corrected chi connectivity index (χ3v) is 4.52. The molecule has 0 spiro atoms. The highest BCUT2D eigenvalue weighted by Crippen LogP contribution is 2.30. The maximum atomic E-state index is 12.4. The maximum Gasteiger partial charge on any atom is 0.227 e. The smallest absolute Gasteiger partial charge is 0.227 e. The number of hydrogen-bond acceptors (Lipinski definition) is 4. The summed E-state index contributed by atoms with van der Waals surface area (Å²) in [7, 11) is 0. The van der Waals surface area contributed by atoms with E-state index >= 15 is 0 Å². The number of aryl methyl sites for hydroxylation is 1. The molecule has 0 atom stereocenters. The molecule has 110 valence electrons. The highest BCUT2D eigenvalue weighted by molar-refractivity contribution is 7.10. The number of pyridine rings is 1. The van der Waals surface area contributed by atoms with Crippen LogP contribution in [0.3, 0.4) is 0 Å². The lowest BCUT2D eigenvalue weighted by Gasteiger charge is -2.21. The van der Waals surface area contributed by atoms with E-state index in [-0.39, 0.29) is 11.8 Å². The second-order valence-corrected chi connectivity index (χ2v) is 6.34. The SMILES string of the molecule is Cc1cc(-c2ncccc2NC(=O)C2CCOCC2)cs1. The van der Waals surface area contributed by atoms with E-state index in [2.05, 4.69) is 28.7 Å². The molecule has 4 nitrogen and oxygen atoms in total. The van der Waals surface area contributed by atoms with E-state index in [9.17, 15) is 4.79 Å². The van der Waals surface area contributed by atoms with Crippen LogP contribution in [0, 0.1) is 12.8 Å². The van der Waals surface area contributed by atoms with Gasteiger partial charge in [0.1, 0.15) is 0 Å². The van der Waals surface area contributed by atoms with Crippen LogP contribution in [0.1, 0.15) is 17.7 Å². The van der Waals surface area contributed by atoms with Gasteiger partial charge in [-0.25, -0.2) is 0 Å². The van der Waals surface area contributed by atoms with Crippen molar-refractivity contribution in [2.45, 2.75) is 19.8 Å². The monoisotopic (exact) mass is 302 g/mol. The van der Waals surface area contributed by atoms with E-state index < -0.39 is 0 Å². The Morgan fingerprint density at radius 3 is 2.95 bits per heavy atom. The lowest BCUT2D eigenvalue weighted by molar-refractivity contribution is -0.122. The summed E-state index contributed by atoms with van der Waals surface area (Å²) in [5.41, 5.74) is 2.68. The van der Waals surface area contributed by atoms with Gasteiger partial charge in [0.2, 0.25) is 5.91 Å². The number of hydrogen-bond donors (Lipinski definition) is 1. The zero-order chi connectivity index (χ0) is 14.7. The van der Waals surface area contributed by atoms with Crippen LogP contribution in [0.5, 0.6) is 0 Å². The molecule has 5 heteroatoms. The molecule has 1 amide bonds. The highest BCUT2D eigenvalue weighted by Gasteiger charge is 2.22. The Labute approximate surface area is 128 Å². The van der Waals surface area contributed by atoms with Crippen LogP contribution in [0.15, 0.2) is 29.8 Å². The summed E-state index contributed by atoms with van der Waals surface area (Å²) < 4.78 is 5.30. The Morgan fingerprint density at radius 1 is 1.43 bits per heavy atom. The minimum atomic E-state index is 0.0380. The van der Waals surface area contributed by atoms with Gasteiger partial charge in [0.05, 0.1) is 11.4 Å². The van der Waals surface area contributed by atoms with Crippen molar-refractivity contribution in [2.75, 3.05) is 18.5 Å². The van der Waals surface area contributed by atoms with Crippen molar-refractivity contribution in [3.63, 3.8) is 0 Å². The topological polar surface area (TPSA) is 51.2 Å². The molecular formula is C16H18N2O2S. The minimum absolute atomic E-state index is 0.0380. The molecule has 1 fully saturated rings. The molecule has 2 aromatic rings. The van der Waals surface area contributed by atoms with E-state index in [0.29, 0.717) is 13.2 Å². The largest absolute Gasteiger partial charge is 0.381 e. The van der Waals surface area contributed by atoms with E-state index in [1.165, 1.54) is 4.88 Å². The maximum absolute atomic E-state index is 12.4. The van der Waals surface area contributed by atoms with Gasteiger partial charge in [-0.2, -0.15) is 0 Å². The molecule has 0 saturated carbocycles. The van der Waals surface area contributed by atoms with Gasteiger partial charge in [0, 0.05) is 41.1 Å². The molecule has 0 unspecified atom stereocenters. The van der Waals surface area contributed by atoms with Crippen molar-refractivity contribution in [2.24, 2.45) is 5.92 Å². The predicted molar refractivity (Wildman–Crippen MR) is 84.5 cm³/mol. The van der Waals surface area contributed by atoms with E-state index in [0.717, 1.165) is 29.8 Å². The van der Waals surface area contributed by atoms with E-state index in [1.807, 2.05) is 12.1 Å². The normalized spacial score (nSPS) is 15.9. The molecule has 0 aromatic carbocycles. The molecule has 3 rings (SSSR count). The molecule has 0 aliphatic carbocycles. The lowest BCUT2D eigenvalue weighted by atomic mass is 9.99. The molecular weight excluding hydrogens is 284 g/mol. The average molecular weight is 302 g/mol. The Bertz CT molecular complexity index is 633. The van der Waals surface area contributed by atoms with Crippen LogP contribution in [0.2, 0.25) is 0 Å². The lowest BCUT2D eigenvalue weighted by Crippen LogP contribution is -2.28. The number of nitrogens with one attached hydrogen (secondary N) is 1.